The molecule has 0 aromatic heterocycles. The van der Waals surface area contributed by atoms with E-state index in [1.807, 2.05) is 25.1 Å². The molecule has 1 nitrogen and oxygen atoms in total. The second-order valence-corrected chi connectivity index (χ2v) is 4.75. The monoisotopic (exact) mass is 226 g/mol. The summed E-state index contributed by atoms with van der Waals surface area (Å²) in [5, 5.41) is 2.36. The first-order valence-electron chi connectivity index (χ1n) is 6.18. The van der Waals surface area contributed by atoms with Crippen LogP contribution in [0.5, 0.6) is 0 Å². The molecule has 0 fully saturated rings. The maximum Gasteiger partial charge on any atom is 0.162 e. The topological polar surface area (TPSA) is 17.1 Å². The van der Waals surface area contributed by atoms with Gasteiger partial charge in [-0.05, 0) is 28.3 Å². The lowest BCUT2D eigenvalue weighted by atomic mass is 9.97. The summed E-state index contributed by atoms with van der Waals surface area (Å²) in [5.41, 5.74) is 2.14. The van der Waals surface area contributed by atoms with Crippen molar-refractivity contribution in [2.24, 2.45) is 0 Å². The van der Waals surface area contributed by atoms with Gasteiger partial charge in [0.25, 0.3) is 0 Å². The van der Waals surface area contributed by atoms with E-state index in [9.17, 15) is 4.79 Å². The normalized spacial score (nSPS) is 11.1. The van der Waals surface area contributed by atoms with E-state index in [1.165, 1.54) is 10.9 Å². The molecular formula is C16H18O. The van der Waals surface area contributed by atoms with Crippen molar-refractivity contribution in [1.82, 2.24) is 0 Å². The summed E-state index contributed by atoms with van der Waals surface area (Å²) in [7, 11) is 0. The molecule has 2 aromatic carbocycles. The van der Waals surface area contributed by atoms with E-state index in [1.54, 1.807) is 0 Å². The number of hydrogen-bond acceptors (Lipinski definition) is 1. The van der Waals surface area contributed by atoms with Crippen LogP contribution in [0, 0.1) is 0 Å². The zero-order chi connectivity index (χ0) is 12.4. The average molecular weight is 226 g/mol. The molecule has 0 unspecified atom stereocenters. The van der Waals surface area contributed by atoms with Crippen molar-refractivity contribution in [3.63, 3.8) is 0 Å². The Morgan fingerprint density at radius 1 is 1.06 bits per heavy atom. The van der Waals surface area contributed by atoms with Crippen LogP contribution in [0.25, 0.3) is 10.8 Å². The SMILES string of the molecule is CCC(=O)c1ccc2ccc(C(C)C)cc2c1. The average Bonchev–Trinajstić information content (AvgIpc) is 2.36. The Balaban J connectivity index is 2.54. The van der Waals surface area contributed by atoms with E-state index >= 15 is 0 Å². The minimum atomic E-state index is 0.210. The Hall–Kier alpha value is -1.63. The highest BCUT2D eigenvalue weighted by molar-refractivity contribution is 5.99. The smallest absolute Gasteiger partial charge is 0.162 e. The number of ketones is 1. The Morgan fingerprint density at radius 3 is 2.41 bits per heavy atom. The molecule has 88 valence electrons. The standard InChI is InChI=1S/C16H18O/c1-4-16(17)14-8-6-12-5-7-13(11(2)3)9-15(12)10-14/h5-11H,4H2,1-3H3. The van der Waals surface area contributed by atoms with E-state index in [0.29, 0.717) is 12.3 Å². The van der Waals surface area contributed by atoms with E-state index in [2.05, 4.69) is 32.0 Å². The first-order valence-corrected chi connectivity index (χ1v) is 6.18. The lowest BCUT2D eigenvalue weighted by Gasteiger charge is -2.08. The van der Waals surface area contributed by atoms with Gasteiger partial charge < -0.3 is 0 Å². The molecule has 2 rings (SSSR count). The predicted molar refractivity (Wildman–Crippen MR) is 72.7 cm³/mol. The molecule has 2 aromatic rings. The van der Waals surface area contributed by atoms with Crippen molar-refractivity contribution in [1.29, 1.82) is 0 Å². The van der Waals surface area contributed by atoms with Crippen LogP contribution >= 0.6 is 0 Å². The van der Waals surface area contributed by atoms with Crippen molar-refractivity contribution in [2.45, 2.75) is 33.1 Å². The van der Waals surface area contributed by atoms with Crippen molar-refractivity contribution in [3.05, 3.63) is 47.5 Å². The van der Waals surface area contributed by atoms with Gasteiger partial charge in [-0.15, -0.1) is 0 Å². The highest BCUT2D eigenvalue weighted by Gasteiger charge is 2.05. The summed E-state index contributed by atoms with van der Waals surface area (Å²) in [6.07, 6.45) is 0.565. The fourth-order valence-corrected chi connectivity index (χ4v) is 2.00. The molecule has 0 saturated carbocycles. The molecule has 0 N–H and O–H groups in total. The molecule has 1 heteroatoms. The van der Waals surface area contributed by atoms with Crippen molar-refractivity contribution >= 4 is 16.6 Å². The van der Waals surface area contributed by atoms with Gasteiger partial charge >= 0.3 is 0 Å². The van der Waals surface area contributed by atoms with Crippen molar-refractivity contribution in [2.75, 3.05) is 0 Å². The highest BCUT2D eigenvalue weighted by atomic mass is 16.1. The van der Waals surface area contributed by atoms with Gasteiger partial charge in [0.1, 0.15) is 0 Å². The second-order valence-electron chi connectivity index (χ2n) is 4.75. The van der Waals surface area contributed by atoms with Gasteiger partial charge in [0.05, 0.1) is 0 Å². The zero-order valence-electron chi connectivity index (χ0n) is 10.7. The number of hydrogen-bond donors (Lipinski definition) is 0. The van der Waals surface area contributed by atoms with Crippen LogP contribution in [0.4, 0.5) is 0 Å². The first kappa shape index (κ1) is 11.8. The zero-order valence-corrected chi connectivity index (χ0v) is 10.7. The van der Waals surface area contributed by atoms with Crippen LogP contribution in [0.15, 0.2) is 36.4 Å². The maximum atomic E-state index is 11.7. The molecule has 0 bridgehead atoms. The van der Waals surface area contributed by atoms with Gasteiger partial charge in [0.2, 0.25) is 0 Å². The largest absolute Gasteiger partial charge is 0.294 e. The number of benzene rings is 2. The number of rotatable bonds is 3. The van der Waals surface area contributed by atoms with Gasteiger partial charge in [-0.2, -0.15) is 0 Å². The number of carbonyl (C=O) groups excluding carboxylic acids is 1. The molecule has 0 saturated heterocycles. The van der Waals surface area contributed by atoms with E-state index in [4.69, 9.17) is 0 Å². The summed E-state index contributed by atoms with van der Waals surface area (Å²) in [5.74, 6) is 0.729. The lowest BCUT2D eigenvalue weighted by Crippen LogP contribution is -1.96. The summed E-state index contributed by atoms with van der Waals surface area (Å²) >= 11 is 0. The fourth-order valence-electron chi connectivity index (χ4n) is 2.00. The van der Waals surface area contributed by atoms with E-state index < -0.39 is 0 Å². The lowest BCUT2D eigenvalue weighted by molar-refractivity contribution is 0.0988. The molecule has 0 radical (unpaired) electrons. The molecule has 0 heterocycles. The third-order valence-corrected chi connectivity index (χ3v) is 3.17. The molecular weight excluding hydrogens is 208 g/mol. The Kier molecular flexibility index (Phi) is 3.28. The van der Waals surface area contributed by atoms with Crippen LogP contribution < -0.4 is 0 Å². The molecule has 0 aliphatic carbocycles. The Labute approximate surface area is 102 Å². The minimum Gasteiger partial charge on any atom is -0.294 e. The number of Topliss-reactive ketones (excluding diaryl/α,β-unsaturated/α-hetero) is 1. The molecule has 0 amide bonds. The molecule has 0 atom stereocenters. The minimum absolute atomic E-state index is 0.210. The van der Waals surface area contributed by atoms with Crippen LogP contribution in [0.3, 0.4) is 0 Å². The van der Waals surface area contributed by atoms with Crippen molar-refractivity contribution < 1.29 is 4.79 Å². The van der Waals surface area contributed by atoms with Gasteiger partial charge in [0, 0.05) is 12.0 Å². The Morgan fingerprint density at radius 2 is 1.76 bits per heavy atom. The summed E-state index contributed by atoms with van der Waals surface area (Å²) < 4.78 is 0. The van der Waals surface area contributed by atoms with E-state index in [0.717, 1.165) is 10.9 Å². The molecule has 0 aliphatic rings. The summed E-state index contributed by atoms with van der Waals surface area (Å²) in [6.45, 7) is 6.27. The predicted octanol–water partition coefficient (Wildman–Crippen LogP) is 4.56. The van der Waals surface area contributed by atoms with Gasteiger partial charge in [0.15, 0.2) is 5.78 Å². The summed E-state index contributed by atoms with van der Waals surface area (Å²) in [6, 6.07) is 12.4. The van der Waals surface area contributed by atoms with E-state index in [-0.39, 0.29) is 5.78 Å². The molecule has 0 aliphatic heterocycles. The third-order valence-electron chi connectivity index (χ3n) is 3.17. The van der Waals surface area contributed by atoms with Gasteiger partial charge in [-0.3, -0.25) is 4.79 Å². The quantitative estimate of drug-likeness (QED) is 0.701. The first-order chi connectivity index (χ1) is 8.11. The highest BCUT2D eigenvalue weighted by Crippen LogP contribution is 2.22. The Bertz CT molecular complexity index is 552. The second kappa shape index (κ2) is 4.70. The van der Waals surface area contributed by atoms with Crippen LogP contribution in [-0.2, 0) is 0 Å². The summed E-state index contributed by atoms with van der Waals surface area (Å²) in [4.78, 5) is 11.7. The van der Waals surface area contributed by atoms with Gasteiger partial charge in [-0.25, -0.2) is 0 Å². The third kappa shape index (κ3) is 2.38. The molecule has 17 heavy (non-hydrogen) atoms. The van der Waals surface area contributed by atoms with Crippen LogP contribution in [-0.4, -0.2) is 5.78 Å². The van der Waals surface area contributed by atoms with Crippen LogP contribution in [0.2, 0.25) is 0 Å². The number of carbonyl (C=O) groups is 1. The number of fused-ring (bicyclic) bond motifs is 1. The maximum absolute atomic E-state index is 11.7. The van der Waals surface area contributed by atoms with Gasteiger partial charge in [-0.1, -0.05) is 51.1 Å². The van der Waals surface area contributed by atoms with Crippen LogP contribution in [0.1, 0.15) is 49.0 Å². The molecule has 0 spiro atoms. The fraction of sp³-hybridized carbons (Fsp3) is 0.312. The van der Waals surface area contributed by atoms with Crippen molar-refractivity contribution in [3.8, 4) is 0 Å².